The lowest BCUT2D eigenvalue weighted by molar-refractivity contribution is -0.141. The van der Waals surface area contributed by atoms with Gasteiger partial charge in [-0.15, -0.1) is 0 Å². The number of nitrogens with zero attached hydrogens (tertiary/aromatic N) is 1. The Labute approximate surface area is 183 Å². The number of rotatable bonds is 5. The Hall–Kier alpha value is -3.74. The van der Waals surface area contributed by atoms with E-state index in [-0.39, 0.29) is 12.0 Å². The molecule has 0 aliphatic carbocycles. The predicted molar refractivity (Wildman–Crippen MR) is 114 cm³/mol. The summed E-state index contributed by atoms with van der Waals surface area (Å²) >= 11 is 0. The van der Waals surface area contributed by atoms with Crippen molar-refractivity contribution >= 4 is 11.9 Å². The molecule has 1 N–H and O–H groups in total. The van der Waals surface area contributed by atoms with Gasteiger partial charge in [-0.2, -0.15) is 0 Å². The minimum atomic E-state index is -1.15. The zero-order chi connectivity index (χ0) is 22.8. The molecule has 1 heterocycles. The van der Waals surface area contributed by atoms with Crippen molar-refractivity contribution in [1.29, 1.82) is 0 Å². The summed E-state index contributed by atoms with van der Waals surface area (Å²) in [6.07, 6.45) is 0.494. The van der Waals surface area contributed by atoms with Gasteiger partial charge in [-0.25, -0.2) is 13.6 Å². The molecular formula is C25H21F2NO4. The van der Waals surface area contributed by atoms with Crippen LogP contribution >= 0.6 is 0 Å². The number of amides is 1. The lowest BCUT2D eigenvalue weighted by atomic mass is 10.0. The maximum absolute atomic E-state index is 13.8. The van der Waals surface area contributed by atoms with Crippen LogP contribution in [0, 0.1) is 11.6 Å². The van der Waals surface area contributed by atoms with Crippen LogP contribution < -0.4 is 4.74 Å². The fraction of sp³-hybridized carbons (Fsp3) is 0.200. The summed E-state index contributed by atoms with van der Waals surface area (Å²) in [7, 11) is 1.57. The Balaban J connectivity index is 1.67. The summed E-state index contributed by atoms with van der Waals surface area (Å²) in [5.41, 5.74) is 2.22. The van der Waals surface area contributed by atoms with Crippen molar-refractivity contribution in [3.8, 4) is 16.9 Å². The third-order valence-corrected chi connectivity index (χ3v) is 5.72. The number of carbonyl (C=O) groups is 2. The monoisotopic (exact) mass is 437 g/mol. The zero-order valence-corrected chi connectivity index (χ0v) is 17.3. The Morgan fingerprint density at radius 3 is 2.25 bits per heavy atom. The van der Waals surface area contributed by atoms with E-state index >= 15 is 0 Å². The van der Waals surface area contributed by atoms with Gasteiger partial charge in [0.05, 0.1) is 13.2 Å². The molecule has 1 fully saturated rings. The van der Waals surface area contributed by atoms with Crippen molar-refractivity contribution < 1.29 is 28.2 Å². The molecule has 1 aliphatic heterocycles. The fourth-order valence-electron chi connectivity index (χ4n) is 4.26. The molecule has 5 nitrogen and oxygen atoms in total. The zero-order valence-electron chi connectivity index (χ0n) is 17.3. The molecule has 0 aromatic heterocycles. The van der Waals surface area contributed by atoms with Gasteiger partial charge < -0.3 is 14.7 Å². The number of aliphatic carboxylic acids is 1. The molecule has 1 amide bonds. The van der Waals surface area contributed by atoms with Gasteiger partial charge in [-0.1, -0.05) is 30.3 Å². The lowest BCUT2D eigenvalue weighted by Gasteiger charge is -2.29. The van der Waals surface area contributed by atoms with E-state index in [4.69, 9.17) is 4.74 Å². The number of hydrogen-bond donors (Lipinski definition) is 1. The van der Waals surface area contributed by atoms with E-state index in [2.05, 4.69) is 0 Å². The fourth-order valence-corrected chi connectivity index (χ4v) is 4.26. The van der Waals surface area contributed by atoms with E-state index in [1.807, 2.05) is 24.3 Å². The third kappa shape index (κ3) is 4.06. The molecule has 0 saturated carbocycles. The van der Waals surface area contributed by atoms with E-state index in [9.17, 15) is 23.5 Å². The number of likely N-dealkylation sites (tertiary alicyclic amines) is 1. The highest BCUT2D eigenvalue weighted by Gasteiger charge is 2.42. The minimum absolute atomic E-state index is 0.198. The molecule has 164 valence electrons. The van der Waals surface area contributed by atoms with Gasteiger partial charge in [0.25, 0.3) is 5.91 Å². The molecule has 3 aromatic carbocycles. The van der Waals surface area contributed by atoms with Gasteiger partial charge >= 0.3 is 5.97 Å². The van der Waals surface area contributed by atoms with Crippen LogP contribution in [0.4, 0.5) is 8.78 Å². The van der Waals surface area contributed by atoms with Crippen molar-refractivity contribution in [2.45, 2.75) is 24.9 Å². The van der Waals surface area contributed by atoms with Crippen LogP contribution in [-0.2, 0) is 4.79 Å². The van der Waals surface area contributed by atoms with E-state index in [1.165, 1.54) is 4.90 Å². The van der Waals surface area contributed by atoms with Crippen LogP contribution in [0.15, 0.2) is 66.7 Å². The highest BCUT2D eigenvalue weighted by molar-refractivity contribution is 5.97. The maximum Gasteiger partial charge on any atom is 0.326 e. The smallest absolute Gasteiger partial charge is 0.326 e. The second-order valence-corrected chi connectivity index (χ2v) is 7.64. The van der Waals surface area contributed by atoms with Crippen molar-refractivity contribution in [2.24, 2.45) is 0 Å². The second kappa shape index (κ2) is 8.78. The first kappa shape index (κ1) is 21.5. The summed E-state index contributed by atoms with van der Waals surface area (Å²) in [5.74, 6) is -2.51. The summed E-state index contributed by atoms with van der Waals surface area (Å²) in [5, 5.41) is 9.65. The molecule has 1 saturated heterocycles. The first-order valence-corrected chi connectivity index (χ1v) is 10.1. The number of halogens is 2. The average molecular weight is 437 g/mol. The summed E-state index contributed by atoms with van der Waals surface area (Å²) < 4.78 is 33.0. The summed E-state index contributed by atoms with van der Waals surface area (Å²) in [6, 6.07) is 15.4. The lowest BCUT2D eigenvalue weighted by Crippen LogP contribution is -2.41. The first-order valence-electron chi connectivity index (χ1n) is 10.1. The van der Waals surface area contributed by atoms with Gasteiger partial charge in [-0.3, -0.25) is 4.79 Å². The van der Waals surface area contributed by atoms with E-state index in [1.54, 1.807) is 31.4 Å². The molecule has 0 radical (unpaired) electrons. The third-order valence-electron chi connectivity index (χ3n) is 5.72. The summed E-state index contributed by atoms with van der Waals surface area (Å²) in [6.45, 7) is 0. The van der Waals surface area contributed by atoms with Crippen LogP contribution in [0.3, 0.4) is 0 Å². The van der Waals surface area contributed by atoms with Crippen LogP contribution in [0.2, 0.25) is 0 Å². The van der Waals surface area contributed by atoms with Gasteiger partial charge in [0, 0.05) is 17.2 Å². The molecular weight excluding hydrogens is 416 g/mol. The maximum atomic E-state index is 13.8. The van der Waals surface area contributed by atoms with E-state index < -0.39 is 35.6 Å². The number of ether oxygens (including phenoxy) is 1. The Morgan fingerprint density at radius 2 is 1.62 bits per heavy atom. The van der Waals surface area contributed by atoms with Crippen LogP contribution in [-0.4, -0.2) is 35.0 Å². The number of carbonyl (C=O) groups excluding carboxylic acids is 1. The Bertz CT molecular complexity index is 1140. The largest absolute Gasteiger partial charge is 0.496 e. The van der Waals surface area contributed by atoms with Crippen molar-refractivity contribution in [3.05, 3.63) is 89.5 Å². The molecule has 0 bridgehead atoms. The first-order chi connectivity index (χ1) is 15.4. The molecule has 32 heavy (non-hydrogen) atoms. The highest BCUT2D eigenvalue weighted by atomic mass is 19.1. The number of carboxylic acids is 1. The van der Waals surface area contributed by atoms with Crippen molar-refractivity contribution in [1.82, 2.24) is 4.90 Å². The summed E-state index contributed by atoms with van der Waals surface area (Å²) in [4.78, 5) is 26.4. The van der Waals surface area contributed by atoms with Crippen LogP contribution in [0.5, 0.6) is 5.75 Å². The number of methoxy groups -OCH3 is 1. The van der Waals surface area contributed by atoms with Gasteiger partial charge in [0.2, 0.25) is 0 Å². The highest BCUT2D eigenvalue weighted by Crippen LogP contribution is 2.38. The predicted octanol–water partition coefficient (Wildman–Crippen LogP) is 5.07. The van der Waals surface area contributed by atoms with Crippen LogP contribution in [0.25, 0.3) is 11.1 Å². The molecule has 0 unspecified atom stereocenters. The molecule has 4 rings (SSSR count). The average Bonchev–Trinajstić information content (AvgIpc) is 3.24. The molecule has 0 spiro atoms. The van der Waals surface area contributed by atoms with Gasteiger partial charge in [0.15, 0.2) is 0 Å². The van der Waals surface area contributed by atoms with Crippen molar-refractivity contribution in [2.75, 3.05) is 7.11 Å². The molecule has 2 atom stereocenters. The minimum Gasteiger partial charge on any atom is -0.496 e. The Morgan fingerprint density at radius 1 is 0.969 bits per heavy atom. The number of benzene rings is 3. The standard InChI is InChI=1S/C25H21F2NO4/c1-32-23-5-3-2-4-20(23)15-6-8-16(9-7-15)24(29)28-21(10-11-22(28)25(30)31)17-12-18(26)14-19(27)13-17/h2-9,12-14,21-22H,10-11H2,1H3,(H,30,31)/t21-,22+/m1/s1. The van der Waals surface area contributed by atoms with E-state index in [0.717, 1.165) is 29.3 Å². The van der Waals surface area contributed by atoms with E-state index in [0.29, 0.717) is 17.7 Å². The molecule has 7 heteroatoms. The van der Waals surface area contributed by atoms with Gasteiger partial charge in [-0.05, 0) is 54.3 Å². The Kier molecular flexibility index (Phi) is 5.90. The molecule has 1 aliphatic rings. The number of carboxylic acid groups (broad SMARTS) is 1. The van der Waals surface area contributed by atoms with Crippen LogP contribution in [0.1, 0.15) is 34.8 Å². The topological polar surface area (TPSA) is 66.8 Å². The van der Waals surface area contributed by atoms with Gasteiger partial charge in [0.1, 0.15) is 23.4 Å². The SMILES string of the molecule is COc1ccccc1-c1ccc(C(=O)N2[C@@H](c3cc(F)cc(F)c3)CC[C@H]2C(=O)O)cc1. The number of hydrogen-bond acceptors (Lipinski definition) is 3. The molecule has 3 aromatic rings. The number of para-hydroxylation sites is 1. The normalized spacial score (nSPS) is 17.9. The quantitative estimate of drug-likeness (QED) is 0.605. The second-order valence-electron chi connectivity index (χ2n) is 7.64. The van der Waals surface area contributed by atoms with Crippen molar-refractivity contribution in [3.63, 3.8) is 0 Å².